The van der Waals surface area contributed by atoms with E-state index in [-0.39, 0.29) is 0 Å². The molecule has 0 bridgehead atoms. The molecule has 0 radical (unpaired) electrons. The first-order valence-corrected chi connectivity index (χ1v) is 14.7. The summed E-state index contributed by atoms with van der Waals surface area (Å²) in [4.78, 5) is 0. The minimum absolute atomic E-state index is 0.624. The average Bonchev–Trinajstić information content (AvgIpc) is 3.67. The van der Waals surface area contributed by atoms with E-state index in [4.69, 9.17) is 0 Å². The molecule has 0 amide bonds. The van der Waals surface area contributed by atoms with Crippen LogP contribution in [0.1, 0.15) is 32.3 Å². The molecule has 2 aliphatic rings. The third-order valence-electron chi connectivity index (χ3n) is 6.30. The summed E-state index contributed by atoms with van der Waals surface area (Å²) in [7, 11) is 0. The van der Waals surface area contributed by atoms with E-state index in [1.54, 1.807) is 3.28 Å². The van der Waals surface area contributed by atoms with Gasteiger partial charge in [-0.05, 0) is 24.0 Å². The molecule has 0 N–H and O–H groups in total. The summed E-state index contributed by atoms with van der Waals surface area (Å²) in [5.74, 6) is 0. The fraction of sp³-hybridized carbons (Fsp3) is 0.125. The van der Waals surface area contributed by atoms with Gasteiger partial charge < -0.3 is 0 Å². The van der Waals surface area contributed by atoms with Crippen molar-refractivity contribution in [1.82, 2.24) is 4.57 Å². The minimum atomic E-state index is -0.624. The smallest absolute Gasteiger partial charge is 0.0238 e. The first-order valence-electron chi connectivity index (χ1n) is 12.0. The topological polar surface area (TPSA) is 4.93 Å². The van der Waals surface area contributed by atoms with E-state index in [1.165, 1.54) is 34.4 Å². The van der Waals surface area contributed by atoms with Crippen molar-refractivity contribution >= 4 is 11.8 Å². The third kappa shape index (κ3) is 5.75. The van der Waals surface area contributed by atoms with E-state index in [9.17, 15) is 0 Å². The molecule has 1 atom stereocenters. The molecule has 166 valence electrons. The SMILES string of the molecule is C1=CC[C]([Zr][CH]2C(n3cccc3)=Cc3ccccc32)=C1.c1ccc(CCc2ccccc2)cc1. The Labute approximate surface area is 214 Å². The predicted octanol–water partition coefficient (Wildman–Crippen LogP) is 7.94. The van der Waals surface area contributed by atoms with Crippen molar-refractivity contribution in [3.63, 3.8) is 0 Å². The summed E-state index contributed by atoms with van der Waals surface area (Å²) in [5.41, 5.74) is 7.24. The molecule has 2 heteroatoms. The van der Waals surface area contributed by atoms with Crippen LogP contribution in [-0.2, 0) is 36.1 Å². The van der Waals surface area contributed by atoms with E-state index in [2.05, 4.69) is 138 Å². The Morgan fingerprint density at radius 3 is 1.94 bits per heavy atom. The molecule has 0 aliphatic heterocycles. The zero-order chi connectivity index (χ0) is 23.0. The molecule has 0 saturated carbocycles. The van der Waals surface area contributed by atoms with Crippen molar-refractivity contribution in [3.8, 4) is 0 Å². The van der Waals surface area contributed by atoms with Gasteiger partial charge in [0.1, 0.15) is 0 Å². The van der Waals surface area contributed by atoms with Crippen LogP contribution in [0, 0.1) is 0 Å². The second-order valence-electron chi connectivity index (χ2n) is 8.66. The molecule has 2 aliphatic carbocycles. The van der Waals surface area contributed by atoms with Gasteiger partial charge in [-0.1, -0.05) is 60.7 Å². The van der Waals surface area contributed by atoms with E-state index < -0.39 is 23.2 Å². The largest absolute Gasteiger partial charge is 0.0622 e. The summed E-state index contributed by atoms with van der Waals surface area (Å²) in [6, 6.07) is 34.4. The van der Waals surface area contributed by atoms with E-state index in [1.807, 2.05) is 0 Å². The Balaban J connectivity index is 0.000000152. The molecule has 6 rings (SSSR count). The predicted molar refractivity (Wildman–Crippen MR) is 140 cm³/mol. The van der Waals surface area contributed by atoms with Gasteiger partial charge in [0.15, 0.2) is 0 Å². The Hall–Kier alpha value is -2.96. The Morgan fingerprint density at radius 2 is 1.32 bits per heavy atom. The van der Waals surface area contributed by atoms with Crippen molar-refractivity contribution in [1.29, 1.82) is 0 Å². The van der Waals surface area contributed by atoms with Crippen molar-refractivity contribution < 1.29 is 23.2 Å². The van der Waals surface area contributed by atoms with Crippen molar-refractivity contribution in [2.24, 2.45) is 0 Å². The monoisotopic (exact) mass is 517 g/mol. The van der Waals surface area contributed by atoms with Crippen LogP contribution in [0.25, 0.3) is 11.8 Å². The minimum Gasteiger partial charge on any atom is -0.0622 e. The molecule has 1 unspecified atom stereocenters. The van der Waals surface area contributed by atoms with Crippen LogP contribution in [0.2, 0.25) is 0 Å². The fourth-order valence-electron chi connectivity index (χ4n) is 4.51. The number of nitrogens with zero attached hydrogens (tertiary/aromatic N) is 1. The Bertz CT molecular complexity index is 1240. The first kappa shape index (κ1) is 22.8. The Morgan fingerprint density at radius 1 is 0.706 bits per heavy atom. The van der Waals surface area contributed by atoms with E-state index >= 15 is 0 Å². The van der Waals surface area contributed by atoms with Crippen LogP contribution in [0.3, 0.4) is 0 Å². The maximum atomic E-state index is 2.38. The number of aryl methyl sites for hydroxylation is 2. The second kappa shape index (κ2) is 11.5. The molecule has 0 fully saturated rings. The molecular formula is C32H29NZr. The number of fused-ring (bicyclic) bond motifs is 1. The molecule has 0 spiro atoms. The quantitative estimate of drug-likeness (QED) is 0.244. The Kier molecular flexibility index (Phi) is 7.68. The van der Waals surface area contributed by atoms with Gasteiger partial charge in [0.2, 0.25) is 0 Å². The van der Waals surface area contributed by atoms with Gasteiger partial charge >= 0.3 is 131 Å². The summed E-state index contributed by atoms with van der Waals surface area (Å²) < 4.78 is 4.65. The zero-order valence-corrected chi connectivity index (χ0v) is 21.8. The number of allylic oxidation sites excluding steroid dienone is 5. The summed E-state index contributed by atoms with van der Waals surface area (Å²) in [6.07, 6.45) is 17.0. The van der Waals surface area contributed by atoms with Crippen molar-refractivity contribution in [2.75, 3.05) is 0 Å². The summed E-state index contributed by atoms with van der Waals surface area (Å²) in [6.45, 7) is 0. The molecule has 1 nitrogen and oxygen atoms in total. The summed E-state index contributed by atoms with van der Waals surface area (Å²) in [5, 5.41) is 0. The normalized spacial score (nSPS) is 15.7. The zero-order valence-electron chi connectivity index (χ0n) is 19.3. The maximum Gasteiger partial charge on any atom is -0.0238 e. The number of hydrogen-bond donors (Lipinski definition) is 0. The van der Waals surface area contributed by atoms with Gasteiger partial charge in [-0.3, -0.25) is 0 Å². The maximum absolute atomic E-state index is 2.38. The van der Waals surface area contributed by atoms with Gasteiger partial charge in [-0.2, -0.15) is 0 Å². The van der Waals surface area contributed by atoms with Crippen molar-refractivity contribution in [2.45, 2.75) is 22.9 Å². The van der Waals surface area contributed by atoms with E-state index in [0.717, 1.165) is 12.8 Å². The average molecular weight is 519 g/mol. The molecular weight excluding hydrogens is 490 g/mol. The molecule has 1 heterocycles. The molecule has 4 aromatic rings. The van der Waals surface area contributed by atoms with Crippen LogP contribution in [0.5, 0.6) is 0 Å². The van der Waals surface area contributed by atoms with Gasteiger partial charge in [-0.25, -0.2) is 0 Å². The van der Waals surface area contributed by atoms with Crippen LogP contribution < -0.4 is 0 Å². The van der Waals surface area contributed by atoms with Crippen LogP contribution in [-0.4, -0.2) is 4.57 Å². The second-order valence-corrected chi connectivity index (χ2v) is 12.4. The number of aromatic nitrogens is 1. The van der Waals surface area contributed by atoms with Crippen LogP contribution in [0.15, 0.2) is 131 Å². The first-order chi connectivity index (χ1) is 16.9. The molecule has 3 aromatic carbocycles. The van der Waals surface area contributed by atoms with Gasteiger partial charge in [0.05, 0.1) is 0 Å². The molecule has 0 saturated heterocycles. The van der Waals surface area contributed by atoms with Gasteiger partial charge in [0.25, 0.3) is 0 Å². The third-order valence-corrected chi connectivity index (χ3v) is 10.3. The van der Waals surface area contributed by atoms with Crippen molar-refractivity contribution in [3.05, 3.63) is 153 Å². The molecule has 34 heavy (non-hydrogen) atoms. The van der Waals surface area contributed by atoms with Crippen LogP contribution >= 0.6 is 0 Å². The van der Waals surface area contributed by atoms with Gasteiger partial charge in [-0.15, -0.1) is 0 Å². The number of rotatable bonds is 6. The number of benzene rings is 3. The standard InChI is InChI=1S/C14H14.C13H10N.C5H5.Zr/c1-3-7-13(8-4-1)11-12-14-9-5-2-6-10-14;1-2-6-12-10-13(9-11(12)5-1)14-7-3-4-8-14;1-2-4-5-3-1;/h1-10H,11-12H2;1-10H;1-3H,4H2;. The number of hydrogen-bond acceptors (Lipinski definition) is 0. The van der Waals surface area contributed by atoms with Crippen LogP contribution in [0.4, 0.5) is 0 Å². The van der Waals surface area contributed by atoms with E-state index in [0.29, 0.717) is 3.63 Å². The fourth-order valence-corrected chi connectivity index (χ4v) is 8.43. The molecule has 1 aromatic heterocycles. The van der Waals surface area contributed by atoms with Gasteiger partial charge in [0, 0.05) is 0 Å². The summed E-state index contributed by atoms with van der Waals surface area (Å²) >= 11 is -0.624.